The molecular weight excluding hydrogens is 254 g/mol. The van der Waals surface area contributed by atoms with Crippen LogP contribution in [-0.2, 0) is 4.74 Å². The van der Waals surface area contributed by atoms with Crippen LogP contribution >= 0.6 is 0 Å². The highest BCUT2D eigenvalue weighted by molar-refractivity contribution is 6.02. The number of esters is 1. The second-order valence-corrected chi connectivity index (χ2v) is 5.66. The number of carbonyl (C=O) groups is 1. The van der Waals surface area contributed by atoms with Crippen LogP contribution in [-0.4, -0.2) is 22.3 Å². The van der Waals surface area contributed by atoms with Crippen LogP contribution in [0.25, 0.3) is 10.9 Å². The van der Waals surface area contributed by atoms with Crippen molar-refractivity contribution < 1.29 is 9.53 Å². The summed E-state index contributed by atoms with van der Waals surface area (Å²) in [5.74, 6) is 0.373. The van der Waals surface area contributed by atoms with E-state index in [-0.39, 0.29) is 12.1 Å². The van der Waals surface area contributed by atoms with E-state index < -0.39 is 0 Å². The minimum atomic E-state index is -0.360. The number of fused-ring (bicyclic) bond motifs is 1. The van der Waals surface area contributed by atoms with Crippen molar-refractivity contribution in [3.05, 3.63) is 23.9 Å². The standard InChI is InChI=1S/C15H19N3O2/c1-9-2-5-11(6-3-9)20-15(19)14-12-8-10(16)4-7-13(12)17-18-14/h4,7-9,11H,2-3,5-6,16H2,1H3,(H,17,18). The molecule has 1 aliphatic rings. The molecule has 3 rings (SSSR count). The van der Waals surface area contributed by atoms with Gasteiger partial charge in [-0.3, -0.25) is 5.10 Å². The third-order valence-electron chi connectivity index (χ3n) is 4.02. The number of nitrogens with two attached hydrogens (primary N) is 1. The molecule has 20 heavy (non-hydrogen) atoms. The zero-order valence-corrected chi connectivity index (χ0v) is 11.6. The van der Waals surface area contributed by atoms with Crippen molar-refractivity contribution in [3.8, 4) is 0 Å². The van der Waals surface area contributed by atoms with E-state index in [1.165, 1.54) is 0 Å². The fraction of sp³-hybridized carbons (Fsp3) is 0.467. The number of nitrogen functional groups attached to an aromatic ring is 1. The normalized spacial score (nSPS) is 22.9. The Labute approximate surface area is 117 Å². The molecule has 5 nitrogen and oxygen atoms in total. The first-order valence-corrected chi connectivity index (χ1v) is 7.08. The van der Waals surface area contributed by atoms with Gasteiger partial charge in [0.15, 0.2) is 5.69 Å². The number of benzene rings is 1. The fourth-order valence-corrected chi connectivity index (χ4v) is 2.74. The van der Waals surface area contributed by atoms with Gasteiger partial charge in [-0.25, -0.2) is 4.79 Å². The Morgan fingerprint density at radius 3 is 2.85 bits per heavy atom. The van der Waals surface area contributed by atoms with Crippen LogP contribution in [0.15, 0.2) is 18.2 Å². The number of aromatic amines is 1. The van der Waals surface area contributed by atoms with Gasteiger partial charge < -0.3 is 10.5 Å². The second kappa shape index (κ2) is 5.15. The summed E-state index contributed by atoms with van der Waals surface area (Å²) < 4.78 is 5.57. The number of carbonyl (C=O) groups excluding carboxylic acids is 1. The van der Waals surface area contributed by atoms with Crippen molar-refractivity contribution in [3.63, 3.8) is 0 Å². The van der Waals surface area contributed by atoms with Crippen molar-refractivity contribution in [1.29, 1.82) is 0 Å². The van der Waals surface area contributed by atoms with Crippen molar-refractivity contribution in [2.75, 3.05) is 5.73 Å². The highest BCUT2D eigenvalue weighted by Gasteiger charge is 2.24. The predicted molar refractivity (Wildman–Crippen MR) is 77.3 cm³/mol. The molecule has 0 amide bonds. The highest BCUT2D eigenvalue weighted by Crippen LogP contribution is 2.27. The third-order valence-corrected chi connectivity index (χ3v) is 4.02. The van der Waals surface area contributed by atoms with E-state index in [0.717, 1.165) is 42.5 Å². The predicted octanol–water partition coefficient (Wildman–Crippen LogP) is 2.88. The minimum absolute atomic E-state index is 0.0199. The van der Waals surface area contributed by atoms with Crippen LogP contribution in [0.2, 0.25) is 0 Å². The Hall–Kier alpha value is -2.04. The van der Waals surface area contributed by atoms with Gasteiger partial charge in [0.2, 0.25) is 0 Å². The Morgan fingerprint density at radius 2 is 2.10 bits per heavy atom. The molecule has 1 aromatic carbocycles. The molecule has 3 N–H and O–H groups in total. The van der Waals surface area contributed by atoms with Gasteiger partial charge in [-0.2, -0.15) is 5.10 Å². The molecule has 106 valence electrons. The summed E-state index contributed by atoms with van der Waals surface area (Å²) in [7, 11) is 0. The number of H-pyrrole nitrogens is 1. The topological polar surface area (TPSA) is 81.0 Å². The molecule has 2 aromatic rings. The first kappa shape index (κ1) is 13.0. The average molecular weight is 273 g/mol. The maximum absolute atomic E-state index is 12.2. The molecule has 0 atom stereocenters. The molecule has 0 spiro atoms. The van der Waals surface area contributed by atoms with Crippen LogP contribution in [0.1, 0.15) is 43.1 Å². The highest BCUT2D eigenvalue weighted by atomic mass is 16.5. The minimum Gasteiger partial charge on any atom is -0.458 e. The number of ether oxygens (including phenoxy) is 1. The van der Waals surface area contributed by atoms with Crippen LogP contribution in [0, 0.1) is 5.92 Å². The summed E-state index contributed by atoms with van der Waals surface area (Å²) in [4.78, 5) is 12.2. The molecule has 0 radical (unpaired) electrons. The van der Waals surface area contributed by atoms with Crippen LogP contribution in [0.5, 0.6) is 0 Å². The molecule has 1 heterocycles. The number of aromatic nitrogens is 2. The van der Waals surface area contributed by atoms with Gasteiger partial charge in [0, 0.05) is 11.1 Å². The van der Waals surface area contributed by atoms with Gasteiger partial charge in [0.1, 0.15) is 6.10 Å². The monoisotopic (exact) mass is 273 g/mol. The smallest absolute Gasteiger partial charge is 0.359 e. The quantitative estimate of drug-likeness (QED) is 0.651. The lowest BCUT2D eigenvalue weighted by atomic mass is 9.89. The maximum atomic E-state index is 12.2. The molecule has 1 fully saturated rings. The van der Waals surface area contributed by atoms with Crippen molar-refractivity contribution in [2.24, 2.45) is 5.92 Å². The number of hydrogen-bond acceptors (Lipinski definition) is 4. The summed E-state index contributed by atoms with van der Waals surface area (Å²) in [6.45, 7) is 2.24. The lowest BCUT2D eigenvalue weighted by Gasteiger charge is -2.25. The summed E-state index contributed by atoms with van der Waals surface area (Å²) in [6.07, 6.45) is 4.14. The Balaban J connectivity index is 1.77. The molecule has 0 unspecified atom stereocenters. The number of anilines is 1. The Kier molecular flexibility index (Phi) is 3.34. The second-order valence-electron chi connectivity index (χ2n) is 5.66. The van der Waals surface area contributed by atoms with E-state index >= 15 is 0 Å². The number of nitrogens with one attached hydrogen (secondary N) is 1. The summed E-state index contributed by atoms with van der Waals surface area (Å²) in [6, 6.07) is 5.34. The van der Waals surface area contributed by atoms with E-state index in [1.807, 2.05) is 6.07 Å². The van der Waals surface area contributed by atoms with E-state index in [1.54, 1.807) is 12.1 Å². The Bertz CT molecular complexity index is 627. The molecule has 1 aromatic heterocycles. The lowest BCUT2D eigenvalue weighted by Crippen LogP contribution is -2.23. The average Bonchev–Trinajstić information content (AvgIpc) is 2.84. The summed E-state index contributed by atoms with van der Waals surface area (Å²) >= 11 is 0. The first-order chi connectivity index (χ1) is 9.63. The lowest BCUT2D eigenvalue weighted by molar-refractivity contribution is 0.0169. The van der Waals surface area contributed by atoms with Crippen LogP contribution in [0.4, 0.5) is 5.69 Å². The molecular formula is C15H19N3O2. The molecule has 1 saturated carbocycles. The number of hydrogen-bond donors (Lipinski definition) is 2. The van der Waals surface area contributed by atoms with E-state index in [2.05, 4.69) is 17.1 Å². The summed E-state index contributed by atoms with van der Waals surface area (Å²) in [5, 5.41) is 7.62. The van der Waals surface area contributed by atoms with Crippen LogP contribution < -0.4 is 5.73 Å². The SMILES string of the molecule is CC1CCC(OC(=O)c2n[nH]c3ccc(N)cc23)CC1. The van der Waals surface area contributed by atoms with E-state index in [9.17, 15) is 4.79 Å². The van der Waals surface area contributed by atoms with E-state index in [4.69, 9.17) is 10.5 Å². The van der Waals surface area contributed by atoms with Gasteiger partial charge in [-0.15, -0.1) is 0 Å². The largest absolute Gasteiger partial charge is 0.458 e. The zero-order chi connectivity index (χ0) is 14.1. The summed E-state index contributed by atoms with van der Waals surface area (Å²) in [5.41, 5.74) is 7.49. The van der Waals surface area contributed by atoms with Gasteiger partial charge in [0.05, 0.1) is 5.52 Å². The van der Waals surface area contributed by atoms with Crippen molar-refractivity contribution >= 4 is 22.6 Å². The number of rotatable bonds is 2. The van der Waals surface area contributed by atoms with Crippen LogP contribution in [0.3, 0.4) is 0 Å². The van der Waals surface area contributed by atoms with E-state index in [0.29, 0.717) is 11.4 Å². The molecule has 0 bridgehead atoms. The van der Waals surface area contributed by atoms with Gasteiger partial charge >= 0.3 is 5.97 Å². The van der Waals surface area contributed by atoms with Gasteiger partial charge in [-0.05, 0) is 49.8 Å². The third kappa shape index (κ3) is 2.48. The maximum Gasteiger partial charge on any atom is 0.359 e. The number of nitrogens with zero attached hydrogens (tertiary/aromatic N) is 1. The van der Waals surface area contributed by atoms with Crippen molar-refractivity contribution in [1.82, 2.24) is 10.2 Å². The molecule has 1 aliphatic carbocycles. The Morgan fingerprint density at radius 1 is 1.35 bits per heavy atom. The molecule has 0 aliphatic heterocycles. The van der Waals surface area contributed by atoms with Gasteiger partial charge in [0.25, 0.3) is 0 Å². The zero-order valence-electron chi connectivity index (χ0n) is 11.6. The fourth-order valence-electron chi connectivity index (χ4n) is 2.74. The first-order valence-electron chi connectivity index (χ1n) is 7.08. The van der Waals surface area contributed by atoms with Crippen molar-refractivity contribution in [2.45, 2.75) is 38.7 Å². The van der Waals surface area contributed by atoms with Gasteiger partial charge in [-0.1, -0.05) is 6.92 Å². The molecule has 5 heteroatoms. The molecule has 0 saturated heterocycles.